The smallest absolute Gasteiger partial charge is 0.328 e. The highest BCUT2D eigenvalue weighted by Gasteiger charge is 2.10. The van der Waals surface area contributed by atoms with Gasteiger partial charge in [0.25, 0.3) is 0 Å². The van der Waals surface area contributed by atoms with E-state index in [0.29, 0.717) is 6.42 Å². The third-order valence-corrected chi connectivity index (χ3v) is 3.82. The van der Waals surface area contributed by atoms with Crippen molar-refractivity contribution >= 4 is 27.8 Å². The van der Waals surface area contributed by atoms with Crippen LogP contribution in [0, 0.1) is 5.82 Å². The number of anilines is 1. The van der Waals surface area contributed by atoms with Crippen molar-refractivity contribution in [3.05, 3.63) is 35.7 Å². The molecular weight excluding hydrogens is 285 g/mol. The van der Waals surface area contributed by atoms with E-state index in [9.17, 15) is 17.6 Å². The average molecular weight is 301 g/mol. The molecule has 0 saturated heterocycles. The Balaban J connectivity index is 2.85. The largest absolute Gasteiger partial charge is 0.478 e. The molecule has 0 unspecified atom stereocenters. The van der Waals surface area contributed by atoms with Crippen LogP contribution in [0.4, 0.5) is 10.1 Å². The van der Waals surface area contributed by atoms with Gasteiger partial charge in [0.05, 0.1) is 11.4 Å². The second-order valence-corrected chi connectivity index (χ2v) is 6.02. The Bertz CT molecular complexity index is 611. The topological polar surface area (TPSA) is 83.5 Å². The van der Waals surface area contributed by atoms with Gasteiger partial charge in [-0.1, -0.05) is 13.3 Å². The van der Waals surface area contributed by atoms with Crippen LogP contribution in [0.3, 0.4) is 0 Å². The molecule has 7 heteroatoms. The lowest BCUT2D eigenvalue weighted by molar-refractivity contribution is -0.131. The summed E-state index contributed by atoms with van der Waals surface area (Å²) in [5, 5.41) is 8.45. The third-order valence-electron chi connectivity index (χ3n) is 2.45. The highest BCUT2D eigenvalue weighted by Crippen LogP contribution is 2.17. The van der Waals surface area contributed by atoms with E-state index in [-0.39, 0.29) is 17.0 Å². The zero-order chi connectivity index (χ0) is 15.2. The molecule has 1 aromatic rings. The van der Waals surface area contributed by atoms with Crippen LogP contribution >= 0.6 is 0 Å². The van der Waals surface area contributed by atoms with E-state index in [1.54, 1.807) is 0 Å². The number of halogens is 1. The van der Waals surface area contributed by atoms with Crippen molar-refractivity contribution in [2.75, 3.05) is 10.5 Å². The minimum atomic E-state index is -3.48. The first-order valence-electron chi connectivity index (χ1n) is 6.05. The fraction of sp³-hybridized carbons (Fsp3) is 0.308. The lowest BCUT2D eigenvalue weighted by Crippen LogP contribution is -2.16. The summed E-state index contributed by atoms with van der Waals surface area (Å²) in [6.07, 6.45) is 3.18. The number of hydrogen-bond donors (Lipinski definition) is 2. The van der Waals surface area contributed by atoms with Crippen LogP contribution in [-0.4, -0.2) is 25.2 Å². The van der Waals surface area contributed by atoms with Crippen molar-refractivity contribution < 1.29 is 22.7 Å². The molecule has 0 aliphatic heterocycles. The van der Waals surface area contributed by atoms with Gasteiger partial charge in [0.1, 0.15) is 5.82 Å². The first kappa shape index (κ1) is 16.2. The summed E-state index contributed by atoms with van der Waals surface area (Å²) in [6.45, 7) is 1.87. The zero-order valence-electron chi connectivity index (χ0n) is 11.0. The molecule has 0 aliphatic rings. The molecule has 0 heterocycles. The minimum absolute atomic E-state index is 0.0220. The molecule has 0 aromatic heterocycles. The summed E-state index contributed by atoms with van der Waals surface area (Å²) in [5.41, 5.74) is 0.190. The maximum absolute atomic E-state index is 13.6. The second-order valence-electron chi connectivity index (χ2n) is 4.18. The van der Waals surface area contributed by atoms with Crippen molar-refractivity contribution in [3.63, 3.8) is 0 Å². The van der Waals surface area contributed by atoms with Gasteiger partial charge < -0.3 is 5.11 Å². The number of carboxylic acid groups (broad SMARTS) is 1. The molecule has 2 N–H and O–H groups in total. The molecule has 0 radical (unpaired) electrons. The van der Waals surface area contributed by atoms with Crippen molar-refractivity contribution in [1.29, 1.82) is 0 Å². The third kappa shape index (κ3) is 5.40. The van der Waals surface area contributed by atoms with Crippen molar-refractivity contribution in [2.45, 2.75) is 19.8 Å². The zero-order valence-corrected chi connectivity index (χ0v) is 11.8. The molecule has 0 fully saturated rings. The van der Waals surface area contributed by atoms with Crippen LogP contribution in [0.5, 0.6) is 0 Å². The Kier molecular flexibility index (Phi) is 5.69. The molecule has 1 rings (SSSR count). The highest BCUT2D eigenvalue weighted by atomic mass is 32.2. The Hall–Kier alpha value is -1.89. The summed E-state index contributed by atoms with van der Waals surface area (Å²) in [5.74, 6) is -1.90. The fourth-order valence-corrected chi connectivity index (χ4v) is 2.71. The Morgan fingerprint density at radius 3 is 2.70 bits per heavy atom. The molecular formula is C13H16FNO4S. The van der Waals surface area contributed by atoms with Crippen LogP contribution in [0.25, 0.3) is 6.08 Å². The minimum Gasteiger partial charge on any atom is -0.478 e. The van der Waals surface area contributed by atoms with Crippen molar-refractivity contribution in [3.8, 4) is 0 Å². The number of carbonyl (C=O) groups is 1. The molecule has 5 nitrogen and oxygen atoms in total. The number of benzene rings is 1. The number of aliphatic carboxylic acids is 1. The van der Waals surface area contributed by atoms with Gasteiger partial charge in [0.15, 0.2) is 0 Å². The van der Waals surface area contributed by atoms with E-state index >= 15 is 0 Å². The predicted molar refractivity (Wildman–Crippen MR) is 75.4 cm³/mol. The fourth-order valence-electron chi connectivity index (χ4n) is 1.45. The second kappa shape index (κ2) is 7.04. The molecule has 0 aliphatic carbocycles. The molecule has 20 heavy (non-hydrogen) atoms. The van der Waals surface area contributed by atoms with E-state index in [0.717, 1.165) is 24.6 Å². The van der Waals surface area contributed by atoms with Gasteiger partial charge in [-0.25, -0.2) is 17.6 Å². The summed E-state index contributed by atoms with van der Waals surface area (Å²) in [4.78, 5) is 10.3. The molecule has 0 atom stereocenters. The van der Waals surface area contributed by atoms with Crippen LogP contribution in [0.1, 0.15) is 25.3 Å². The lowest BCUT2D eigenvalue weighted by Gasteiger charge is -2.08. The van der Waals surface area contributed by atoms with Gasteiger partial charge in [0, 0.05) is 11.6 Å². The van der Waals surface area contributed by atoms with Crippen LogP contribution in [-0.2, 0) is 14.8 Å². The van der Waals surface area contributed by atoms with E-state index in [2.05, 4.69) is 4.72 Å². The first-order chi connectivity index (χ1) is 9.34. The van der Waals surface area contributed by atoms with E-state index in [1.165, 1.54) is 12.1 Å². The van der Waals surface area contributed by atoms with Gasteiger partial charge in [-0.15, -0.1) is 0 Å². The van der Waals surface area contributed by atoms with Crippen molar-refractivity contribution in [2.24, 2.45) is 0 Å². The molecule has 1 aromatic carbocycles. The van der Waals surface area contributed by atoms with Crippen LogP contribution in [0.15, 0.2) is 24.3 Å². The van der Waals surface area contributed by atoms with Gasteiger partial charge in [-0.05, 0) is 30.7 Å². The Labute approximate surface area is 117 Å². The first-order valence-corrected chi connectivity index (χ1v) is 7.70. The van der Waals surface area contributed by atoms with Gasteiger partial charge in [-0.2, -0.15) is 0 Å². The van der Waals surface area contributed by atoms with E-state index < -0.39 is 21.8 Å². The number of unbranched alkanes of at least 4 members (excludes halogenated alkanes) is 1. The monoisotopic (exact) mass is 301 g/mol. The average Bonchev–Trinajstić information content (AvgIpc) is 2.35. The Morgan fingerprint density at radius 1 is 1.45 bits per heavy atom. The number of sulfonamides is 1. The number of hydrogen-bond acceptors (Lipinski definition) is 3. The highest BCUT2D eigenvalue weighted by molar-refractivity contribution is 7.92. The summed E-state index contributed by atoms with van der Waals surface area (Å²) in [7, 11) is -3.48. The molecule has 0 amide bonds. The standard InChI is InChI=1S/C13H16FNO4S/c1-2-3-8-20(18,19)15-11-6-4-10(12(14)9-11)5-7-13(16)17/h4-7,9,15H,2-3,8H2,1H3,(H,16,17). The lowest BCUT2D eigenvalue weighted by atomic mass is 10.2. The van der Waals surface area contributed by atoms with Crippen molar-refractivity contribution in [1.82, 2.24) is 0 Å². The SMILES string of the molecule is CCCCS(=O)(=O)Nc1ccc(C=CC(=O)O)c(F)c1. The van der Waals surface area contributed by atoms with Crippen LogP contribution in [0.2, 0.25) is 0 Å². The summed E-state index contributed by atoms with van der Waals surface area (Å²) < 4.78 is 39.2. The van der Waals surface area contributed by atoms with Crippen LogP contribution < -0.4 is 4.72 Å². The predicted octanol–water partition coefficient (Wildman–Crippen LogP) is 2.47. The quantitative estimate of drug-likeness (QED) is 0.758. The Morgan fingerprint density at radius 2 is 2.15 bits per heavy atom. The number of nitrogens with one attached hydrogen (secondary N) is 1. The molecule has 0 spiro atoms. The van der Waals surface area contributed by atoms with E-state index in [4.69, 9.17) is 5.11 Å². The van der Waals surface area contributed by atoms with Gasteiger partial charge in [-0.3, -0.25) is 4.72 Å². The van der Waals surface area contributed by atoms with Gasteiger partial charge in [0.2, 0.25) is 10.0 Å². The maximum Gasteiger partial charge on any atom is 0.328 e. The number of carboxylic acids is 1. The normalized spacial score (nSPS) is 11.7. The summed E-state index contributed by atoms with van der Waals surface area (Å²) in [6, 6.07) is 3.71. The molecule has 0 saturated carbocycles. The summed E-state index contributed by atoms with van der Waals surface area (Å²) >= 11 is 0. The molecule has 0 bridgehead atoms. The van der Waals surface area contributed by atoms with E-state index in [1.807, 2.05) is 6.92 Å². The van der Waals surface area contributed by atoms with Gasteiger partial charge >= 0.3 is 5.97 Å². The maximum atomic E-state index is 13.6. The number of rotatable bonds is 7. The molecule has 110 valence electrons.